The van der Waals surface area contributed by atoms with Gasteiger partial charge in [-0.05, 0) is 48.4 Å². The van der Waals surface area contributed by atoms with Crippen molar-refractivity contribution in [1.29, 1.82) is 0 Å². The molecule has 0 spiro atoms. The summed E-state index contributed by atoms with van der Waals surface area (Å²) in [7, 11) is 0. The van der Waals surface area contributed by atoms with E-state index in [1.54, 1.807) is 6.08 Å². The number of halogens is 1. The second kappa shape index (κ2) is 7.67. The number of anilines is 1. The second-order valence-electron chi connectivity index (χ2n) is 6.04. The van der Waals surface area contributed by atoms with Crippen LogP contribution in [0.1, 0.15) is 11.1 Å². The number of amides is 1. The summed E-state index contributed by atoms with van der Waals surface area (Å²) >= 11 is 3.41. The molecule has 1 heterocycles. The Balaban J connectivity index is 1.56. The number of carbonyl (C=O) groups is 1. The van der Waals surface area contributed by atoms with Crippen molar-refractivity contribution in [3.8, 4) is 0 Å². The molecule has 2 aromatic rings. The maximum absolute atomic E-state index is 12.3. The van der Waals surface area contributed by atoms with E-state index in [1.807, 2.05) is 35.2 Å². The Morgan fingerprint density at radius 2 is 1.75 bits per heavy atom. The standard InChI is InChI=1S/C20H21BrN2O/c1-16-3-2-4-19(15-16)22-11-13-23(14-12-22)20(24)10-7-17-5-8-18(21)9-6-17/h2-10,15H,11-14H2,1H3/b10-7+. The fraction of sp³-hybridized carbons (Fsp3) is 0.250. The lowest BCUT2D eigenvalue weighted by molar-refractivity contribution is -0.126. The quantitative estimate of drug-likeness (QED) is 0.743. The first kappa shape index (κ1) is 16.8. The van der Waals surface area contributed by atoms with E-state index in [0.717, 1.165) is 36.2 Å². The summed E-state index contributed by atoms with van der Waals surface area (Å²) in [5.41, 5.74) is 3.54. The van der Waals surface area contributed by atoms with E-state index in [1.165, 1.54) is 11.3 Å². The summed E-state index contributed by atoms with van der Waals surface area (Å²) in [6.45, 7) is 5.38. The summed E-state index contributed by atoms with van der Waals surface area (Å²) in [6.07, 6.45) is 3.55. The monoisotopic (exact) mass is 384 g/mol. The second-order valence-corrected chi connectivity index (χ2v) is 6.95. The van der Waals surface area contributed by atoms with Crippen molar-refractivity contribution in [3.05, 3.63) is 70.2 Å². The molecule has 0 unspecified atom stereocenters. The van der Waals surface area contributed by atoms with Gasteiger partial charge in [0.15, 0.2) is 0 Å². The fourth-order valence-corrected chi connectivity index (χ4v) is 3.12. The molecule has 24 heavy (non-hydrogen) atoms. The first-order chi connectivity index (χ1) is 11.6. The number of nitrogens with zero attached hydrogens (tertiary/aromatic N) is 2. The molecule has 0 aromatic heterocycles. The van der Waals surface area contributed by atoms with Crippen molar-refractivity contribution in [2.75, 3.05) is 31.1 Å². The minimum absolute atomic E-state index is 0.0850. The third-order valence-corrected chi connectivity index (χ3v) is 4.78. The summed E-state index contributed by atoms with van der Waals surface area (Å²) < 4.78 is 1.04. The summed E-state index contributed by atoms with van der Waals surface area (Å²) in [6, 6.07) is 16.5. The van der Waals surface area contributed by atoms with Gasteiger partial charge in [-0.3, -0.25) is 4.79 Å². The molecule has 124 valence electrons. The first-order valence-corrected chi connectivity index (χ1v) is 8.95. The summed E-state index contributed by atoms with van der Waals surface area (Å²) in [4.78, 5) is 16.6. The molecule has 0 atom stereocenters. The molecule has 2 aromatic carbocycles. The molecule has 1 aliphatic rings. The van der Waals surface area contributed by atoms with Crippen LogP contribution in [-0.4, -0.2) is 37.0 Å². The molecule has 3 rings (SSSR count). The van der Waals surface area contributed by atoms with Crippen LogP contribution in [0.3, 0.4) is 0 Å². The molecule has 1 saturated heterocycles. The molecular formula is C20H21BrN2O. The van der Waals surface area contributed by atoms with E-state index in [9.17, 15) is 4.79 Å². The third kappa shape index (κ3) is 4.26. The van der Waals surface area contributed by atoms with Crippen LogP contribution in [0.25, 0.3) is 6.08 Å². The van der Waals surface area contributed by atoms with Crippen molar-refractivity contribution >= 4 is 33.6 Å². The van der Waals surface area contributed by atoms with Crippen LogP contribution in [0.15, 0.2) is 59.1 Å². The van der Waals surface area contributed by atoms with Crippen molar-refractivity contribution < 1.29 is 4.79 Å². The molecule has 4 heteroatoms. The predicted octanol–water partition coefficient (Wildman–Crippen LogP) is 4.12. The SMILES string of the molecule is Cc1cccc(N2CCN(C(=O)/C=C/c3ccc(Br)cc3)CC2)c1. The van der Waals surface area contributed by atoms with E-state index in [0.29, 0.717) is 0 Å². The number of piperazine rings is 1. The van der Waals surface area contributed by atoms with Crippen LogP contribution in [0, 0.1) is 6.92 Å². The van der Waals surface area contributed by atoms with Gasteiger partial charge in [0.05, 0.1) is 0 Å². The number of hydrogen-bond donors (Lipinski definition) is 0. The van der Waals surface area contributed by atoms with E-state index in [-0.39, 0.29) is 5.91 Å². The molecule has 1 amide bonds. The van der Waals surface area contributed by atoms with E-state index in [4.69, 9.17) is 0 Å². The smallest absolute Gasteiger partial charge is 0.246 e. The van der Waals surface area contributed by atoms with Gasteiger partial charge in [-0.15, -0.1) is 0 Å². The van der Waals surface area contributed by atoms with Crippen molar-refractivity contribution in [2.45, 2.75) is 6.92 Å². The van der Waals surface area contributed by atoms with Crippen LogP contribution in [-0.2, 0) is 4.79 Å². The lowest BCUT2D eigenvalue weighted by Crippen LogP contribution is -2.48. The molecular weight excluding hydrogens is 364 g/mol. The number of hydrogen-bond acceptors (Lipinski definition) is 2. The van der Waals surface area contributed by atoms with Crippen molar-refractivity contribution in [2.24, 2.45) is 0 Å². The zero-order valence-electron chi connectivity index (χ0n) is 13.8. The number of aryl methyl sites for hydroxylation is 1. The van der Waals surface area contributed by atoms with E-state index in [2.05, 4.69) is 52.0 Å². The molecule has 0 saturated carbocycles. The first-order valence-electron chi connectivity index (χ1n) is 8.16. The minimum atomic E-state index is 0.0850. The predicted molar refractivity (Wildman–Crippen MR) is 103 cm³/mol. The zero-order valence-corrected chi connectivity index (χ0v) is 15.4. The fourth-order valence-electron chi connectivity index (χ4n) is 2.86. The molecule has 0 bridgehead atoms. The van der Waals surface area contributed by atoms with Gasteiger partial charge in [-0.25, -0.2) is 0 Å². The highest BCUT2D eigenvalue weighted by Gasteiger charge is 2.19. The van der Waals surface area contributed by atoms with Gasteiger partial charge in [0.2, 0.25) is 5.91 Å². The molecule has 0 N–H and O–H groups in total. The van der Waals surface area contributed by atoms with Gasteiger partial charge in [-0.1, -0.05) is 40.2 Å². The largest absolute Gasteiger partial charge is 0.368 e. The summed E-state index contributed by atoms with van der Waals surface area (Å²) in [5.74, 6) is 0.0850. The van der Waals surface area contributed by atoms with Crippen LogP contribution >= 0.6 is 15.9 Å². The minimum Gasteiger partial charge on any atom is -0.368 e. The van der Waals surface area contributed by atoms with Crippen LogP contribution < -0.4 is 4.90 Å². The number of carbonyl (C=O) groups excluding carboxylic acids is 1. The highest BCUT2D eigenvalue weighted by atomic mass is 79.9. The van der Waals surface area contributed by atoms with Gasteiger partial charge >= 0.3 is 0 Å². The molecule has 0 radical (unpaired) electrons. The Bertz CT molecular complexity index is 732. The number of benzene rings is 2. The van der Waals surface area contributed by atoms with Gasteiger partial charge < -0.3 is 9.80 Å². The van der Waals surface area contributed by atoms with Crippen molar-refractivity contribution in [1.82, 2.24) is 4.90 Å². The normalized spacial score (nSPS) is 15.1. The lowest BCUT2D eigenvalue weighted by atomic mass is 10.2. The van der Waals surface area contributed by atoms with Gasteiger partial charge in [-0.2, -0.15) is 0 Å². The molecule has 0 aliphatic carbocycles. The molecule has 1 fully saturated rings. The number of rotatable bonds is 3. The summed E-state index contributed by atoms with van der Waals surface area (Å²) in [5, 5.41) is 0. The Morgan fingerprint density at radius 1 is 1.04 bits per heavy atom. The zero-order chi connectivity index (χ0) is 16.9. The highest BCUT2D eigenvalue weighted by molar-refractivity contribution is 9.10. The van der Waals surface area contributed by atoms with Gasteiger partial charge in [0.1, 0.15) is 0 Å². The third-order valence-electron chi connectivity index (χ3n) is 4.25. The topological polar surface area (TPSA) is 23.6 Å². The van der Waals surface area contributed by atoms with Crippen LogP contribution in [0.2, 0.25) is 0 Å². The maximum atomic E-state index is 12.3. The lowest BCUT2D eigenvalue weighted by Gasteiger charge is -2.35. The highest BCUT2D eigenvalue weighted by Crippen LogP contribution is 2.18. The van der Waals surface area contributed by atoms with Gasteiger partial charge in [0, 0.05) is 42.4 Å². The van der Waals surface area contributed by atoms with E-state index >= 15 is 0 Å². The Labute approximate surface area is 151 Å². The molecule has 1 aliphatic heterocycles. The molecule has 3 nitrogen and oxygen atoms in total. The Kier molecular flexibility index (Phi) is 5.36. The Hall–Kier alpha value is -2.07. The van der Waals surface area contributed by atoms with Crippen molar-refractivity contribution in [3.63, 3.8) is 0 Å². The maximum Gasteiger partial charge on any atom is 0.246 e. The van der Waals surface area contributed by atoms with Crippen LogP contribution in [0.4, 0.5) is 5.69 Å². The average molecular weight is 385 g/mol. The van der Waals surface area contributed by atoms with Gasteiger partial charge in [0.25, 0.3) is 0 Å². The Morgan fingerprint density at radius 3 is 2.42 bits per heavy atom. The average Bonchev–Trinajstić information content (AvgIpc) is 2.61. The van der Waals surface area contributed by atoms with Crippen LogP contribution in [0.5, 0.6) is 0 Å². The van der Waals surface area contributed by atoms with E-state index < -0.39 is 0 Å².